The first-order valence-corrected chi connectivity index (χ1v) is 9.75. The van der Waals surface area contributed by atoms with Crippen molar-refractivity contribution >= 4 is 29.0 Å². The smallest absolute Gasteiger partial charge is 0.349 e. The Morgan fingerprint density at radius 2 is 1.87 bits per heavy atom. The molecule has 2 aromatic heterocycles. The summed E-state index contributed by atoms with van der Waals surface area (Å²) in [4.78, 5) is 36.1. The maximum absolute atomic E-state index is 12.1. The molecule has 160 valence electrons. The van der Waals surface area contributed by atoms with Crippen LogP contribution in [0.25, 0.3) is 5.69 Å². The van der Waals surface area contributed by atoms with Crippen molar-refractivity contribution in [1.29, 1.82) is 5.26 Å². The maximum atomic E-state index is 12.1. The third-order valence-electron chi connectivity index (χ3n) is 4.48. The molecule has 3 aromatic rings. The average Bonchev–Trinajstić information content (AvgIpc) is 2.71. The highest BCUT2D eigenvalue weighted by Gasteiger charge is 2.19. The highest BCUT2D eigenvalue weighted by atomic mass is 35.5. The van der Waals surface area contributed by atoms with Crippen LogP contribution >= 0.6 is 23.2 Å². The largest absolute Gasteiger partial charge is 0.435 e. The van der Waals surface area contributed by atoms with Crippen LogP contribution in [-0.4, -0.2) is 37.8 Å². The minimum absolute atomic E-state index is 0.0673. The molecule has 0 atom stereocenters. The lowest BCUT2D eigenvalue weighted by molar-refractivity contribution is 0.457. The van der Waals surface area contributed by atoms with E-state index in [9.17, 15) is 9.59 Å². The van der Waals surface area contributed by atoms with Crippen molar-refractivity contribution in [1.82, 2.24) is 24.7 Å². The van der Waals surface area contributed by atoms with E-state index in [1.165, 1.54) is 18.5 Å². The number of nitrogens with one attached hydrogen (secondary N) is 1. The van der Waals surface area contributed by atoms with Gasteiger partial charge in [-0.1, -0.05) is 23.2 Å². The van der Waals surface area contributed by atoms with Crippen LogP contribution < -0.4 is 20.9 Å². The molecule has 0 bridgehead atoms. The van der Waals surface area contributed by atoms with Crippen molar-refractivity contribution in [3.05, 3.63) is 60.6 Å². The Balaban J connectivity index is 2.04. The summed E-state index contributed by atoms with van der Waals surface area (Å²) < 4.78 is 6.68. The number of aromatic amines is 1. The number of hydrogen-bond donors (Lipinski definition) is 1. The third-order valence-corrected chi connectivity index (χ3v) is 5.04. The van der Waals surface area contributed by atoms with Gasteiger partial charge in [-0.15, -0.1) is 5.10 Å². The Morgan fingerprint density at radius 3 is 2.45 bits per heavy atom. The fraction of sp³-hybridized carbons (Fsp3) is 0.263. The summed E-state index contributed by atoms with van der Waals surface area (Å²) in [6, 6.07) is 4.55. The second-order valence-corrected chi connectivity index (χ2v) is 7.62. The van der Waals surface area contributed by atoms with Gasteiger partial charge in [-0.2, -0.15) is 9.94 Å². The molecule has 1 N–H and O–H groups in total. The van der Waals surface area contributed by atoms with Crippen molar-refractivity contribution in [2.45, 2.75) is 26.8 Å². The lowest BCUT2D eigenvalue weighted by Crippen LogP contribution is -2.33. The van der Waals surface area contributed by atoms with Crippen LogP contribution in [-0.2, 0) is 0 Å². The van der Waals surface area contributed by atoms with Gasteiger partial charge in [0.25, 0.3) is 5.56 Å². The molecular weight excluding hydrogens is 445 g/mol. The Bertz CT molecular complexity index is 1290. The Hall–Kier alpha value is -3.42. The first-order chi connectivity index (χ1) is 14.6. The van der Waals surface area contributed by atoms with E-state index in [1.807, 2.05) is 37.7 Å². The molecule has 0 aliphatic heterocycles. The van der Waals surface area contributed by atoms with Gasteiger partial charge in [0.2, 0.25) is 11.6 Å². The van der Waals surface area contributed by atoms with Gasteiger partial charge in [-0.25, -0.2) is 14.8 Å². The summed E-state index contributed by atoms with van der Waals surface area (Å²) in [5.41, 5.74) is -1.39. The minimum atomic E-state index is -0.887. The number of halogens is 2. The zero-order chi connectivity index (χ0) is 22.9. The van der Waals surface area contributed by atoms with E-state index >= 15 is 0 Å². The number of H-pyrrole nitrogens is 1. The van der Waals surface area contributed by atoms with Gasteiger partial charge in [0.05, 0.1) is 21.3 Å². The van der Waals surface area contributed by atoms with Crippen molar-refractivity contribution in [2.75, 3.05) is 11.9 Å². The molecule has 0 aliphatic carbocycles. The van der Waals surface area contributed by atoms with E-state index < -0.39 is 16.9 Å². The fourth-order valence-corrected chi connectivity index (χ4v) is 3.19. The van der Waals surface area contributed by atoms with E-state index in [4.69, 9.17) is 33.2 Å². The number of ether oxygens (including phenoxy) is 1. The highest BCUT2D eigenvalue weighted by Crippen LogP contribution is 2.39. The molecular formula is C19H17Cl2N7O3. The molecule has 0 unspecified atom stereocenters. The molecule has 3 rings (SSSR count). The van der Waals surface area contributed by atoms with Crippen molar-refractivity contribution < 1.29 is 4.74 Å². The topological polar surface area (TPSA) is 130 Å². The molecule has 31 heavy (non-hydrogen) atoms. The monoisotopic (exact) mass is 461 g/mol. The molecule has 0 spiro atoms. The number of nitriles is 1. The molecule has 0 saturated carbocycles. The molecule has 0 fully saturated rings. The summed E-state index contributed by atoms with van der Waals surface area (Å²) in [5, 5.41) is 12.9. The molecule has 10 nitrogen and oxygen atoms in total. The molecule has 1 aromatic carbocycles. The maximum Gasteiger partial charge on any atom is 0.349 e. The predicted molar refractivity (Wildman–Crippen MR) is 116 cm³/mol. The average molecular weight is 462 g/mol. The normalized spacial score (nSPS) is 10.8. The molecule has 0 radical (unpaired) electrons. The minimum Gasteiger partial charge on any atom is -0.435 e. The first kappa shape index (κ1) is 22.3. The second kappa shape index (κ2) is 8.75. The van der Waals surface area contributed by atoms with Crippen LogP contribution in [0, 0.1) is 18.3 Å². The lowest BCUT2D eigenvalue weighted by Gasteiger charge is -2.24. The summed E-state index contributed by atoms with van der Waals surface area (Å²) in [6.07, 6.45) is 1.37. The number of nitrogens with zero attached hydrogens (tertiary/aromatic N) is 6. The SMILES string of the molecule is Cc1c(Oc2c(Cl)cc(-n3nc(C#N)c(=O)[nH]c3=O)cc2Cl)ncnc1N(C)C(C)C. The van der Waals surface area contributed by atoms with E-state index in [0.717, 1.165) is 4.68 Å². The van der Waals surface area contributed by atoms with Gasteiger partial charge in [-0.3, -0.25) is 9.78 Å². The van der Waals surface area contributed by atoms with Crippen LogP contribution in [0.15, 0.2) is 28.0 Å². The molecule has 12 heteroatoms. The van der Waals surface area contributed by atoms with Crippen LogP contribution in [0.4, 0.5) is 5.82 Å². The van der Waals surface area contributed by atoms with Crippen LogP contribution in [0.5, 0.6) is 11.6 Å². The first-order valence-electron chi connectivity index (χ1n) is 8.99. The van der Waals surface area contributed by atoms with Crippen molar-refractivity contribution in [3.8, 4) is 23.4 Å². The number of benzene rings is 1. The Labute approximate surface area is 186 Å². The summed E-state index contributed by atoms with van der Waals surface area (Å²) >= 11 is 12.7. The van der Waals surface area contributed by atoms with Gasteiger partial charge in [0, 0.05) is 13.1 Å². The van der Waals surface area contributed by atoms with Gasteiger partial charge in [0.1, 0.15) is 18.2 Å². The van der Waals surface area contributed by atoms with Crippen LogP contribution in [0.2, 0.25) is 10.0 Å². The fourth-order valence-electron chi connectivity index (χ4n) is 2.64. The second-order valence-electron chi connectivity index (χ2n) is 6.80. The zero-order valence-electron chi connectivity index (χ0n) is 17.0. The summed E-state index contributed by atoms with van der Waals surface area (Å²) in [7, 11) is 1.91. The van der Waals surface area contributed by atoms with Crippen LogP contribution in [0.3, 0.4) is 0 Å². The number of anilines is 1. The van der Waals surface area contributed by atoms with E-state index in [0.29, 0.717) is 11.4 Å². The summed E-state index contributed by atoms with van der Waals surface area (Å²) in [6.45, 7) is 5.87. The molecule has 0 amide bonds. The third kappa shape index (κ3) is 4.38. The van der Waals surface area contributed by atoms with Gasteiger partial charge >= 0.3 is 5.69 Å². The van der Waals surface area contributed by atoms with Gasteiger partial charge in [0.15, 0.2) is 5.75 Å². The van der Waals surface area contributed by atoms with Crippen molar-refractivity contribution in [3.63, 3.8) is 0 Å². The Morgan fingerprint density at radius 1 is 1.23 bits per heavy atom. The number of hydrogen-bond acceptors (Lipinski definition) is 8. The highest BCUT2D eigenvalue weighted by molar-refractivity contribution is 6.37. The standard InChI is InChI=1S/C19H17Cl2N7O3/c1-9(2)27(4)16-10(3)18(24-8-23-16)31-15-12(20)5-11(6-13(15)21)28-19(30)25-17(29)14(7-22)26-28/h5-6,8-9H,1-4H3,(H,25,29,30). The lowest BCUT2D eigenvalue weighted by atomic mass is 10.2. The zero-order valence-corrected chi connectivity index (χ0v) is 18.5. The Kier molecular flexibility index (Phi) is 6.29. The van der Waals surface area contributed by atoms with E-state index in [1.54, 1.807) is 6.07 Å². The quantitative estimate of drug-likeness (QED) is 0.613. The molecule has 2 heterocycles. The van der Waals surface area contributed by atoms with Crippen molar-refractivity contribution in [2.24, 2.45) is 0 Å². The molecule has 0 saturated heterocycles. The van der Waals surface area contributed by atoms with Crippen LogP contribution in [0.1, 0.15) is 25.1 Å². The summed E-state index contributed by atoms with van der Waals surface area (Å²) in [5.74, 6) is 1.07. The molecule has 0 aliphatic rings. The number of rotatable bonds is 5. The van der Waals surface area contributed by atoms with E-state index in [2.05, 4.69) is 15.1 Å². The number of aromatic nitrogens is 5. The van der Waals surface area contributed by atoms with Gasteiger partial charge < -0.3 is 9.64 Å². The van der Waals surface area contributed by atoms with Gasteiger partial charge in [-0.05, 0) is 32.9 Å². The van der Waals surface area contributed by atoms with E-state index in [-0.39, 0.29) is 33.4 Å². The predicted octanol–water partition coefficient (Wildman–Crippen LogP) is 2.83.